The summed E-state index contributed by atoms with van der Waals surface area (Å²) in [5, 5.41) is 1.95. The molecule has 0 spiro atoms. The fraction of sp³-hybridized carbons (Fsp3) is 0.312. The molecule has 0 aliphatic carbocycles. The number of thiophene rings is 1. The molecule has 5 nitrogen and oxygen atoms in total. The summed E-state index contributed by atoms with van der Waals surface area (Å²) < 4.78 is 32.2. The zero-order chi connectivity index (χ0) is 16.4. The number of benzene rings is 1. The maximum Gasteiger partial charge on any atom is 0.337 e. The van der Waals surface area contributed by atoms with Gasteiger partial charge in [0, 0.05) is 11.4 Å². The Hall–Kier alpha value is -1.70. The topological polar surface area (TPSA) is 63.7 Å². The van der Waals surface area contributed by atoms with E-state index in [-0.39, 0.29) is 16.5 Å². The Balaban J connectivity index is 1.96. The summed E-state index contributed by atoms with van der Waals surface area (Å²) in [6, 6.07) is 9.79. The molecule has 1 fully saturated rings. The highest BCUT2D eigenvalue weighted by Gasteiger charge is 2.36. The van der Waals surface area contributed by atoms with E-state index >= 15 is 0 Å². The number of carbonyl (C=O) groups excluding carboxylic acids is 1. The van der Waals surface area contributed by atoms with Crippen molar-refractivity contribution in [2.24, 2.45) is 0 Å². The average molecular weight is 351 g/mol. The lowest BCUT2D eigenvalue weighted by Gasteiger charge is -2.23. The summed E-state index contributed by atoms with van der Waals surface area (Å²) in [5.74, 6) is -0.543. The van der Waals surface area contributed by atoms with Crippen LogP contribution in [-0.4, -0.2) is 32.3 Å². The zero-order valence-electron chi connectivity index (χ0n) is 12.6. The molecule has 0 amide bonds. The number of ether oxygens (including phenoxy) is 1. The minimum Gasteiger partial charge on any atom is -0.465 e. The van der Waals surface area contributed by atoms with Crippen molar-refractivity contribution in [3.05, 3.63) is 52.2 Å². The highest BCUT2D eigenvalue weighted by atomic mass is 32.2. The molecule has 0 radical (unpaired) electrons. The van der Waals surface area contributed by atoms with Gasteiger partial charge in [-0.2, -0.15) is 4.31 Å². The Morgan fingerprint density at radius 3 is 2.83 bits per heavy atom. The molecule has 1 aliphatic rings. The summed E-state index contributed by atoms with van der Waals surface area (Å²) in [6.45, 7) is 0.493. The number of hydrogen-bond acceptors (Lipinski definition) is 5. The van der Waals surface area contributed by atoms with E-state index in [1.54, 1.807) is 23.5 Å². The molecular formula is C16H17NO4S2. The minimum atomic E-state index is -3.65. The average Bonchev–Trinajstić information content (AvgIpc) is 3.24. The molecule has 0 N–H and O–H groups in total. The Labute approximate surface area is 139 Å². The van der Waals surface area contributed by atoms with Crippen LogP contribution in [0.1, 0.15) is 34.1 Å². The van der Waals surface area contributed by atoms with Gasteiger partial charge in [-0.3, -0.25) is 0 Å². The Morgan fingerprint density at radius 1 is 1.30 bits per heavy atom. The van der Waals surface area contributed by atoms with E-state index in [4.69, 9.17) is 0 Å². The van der Waals surface area contributed by atoms with Gasteiger partial charge in [-0.25, -0.2) is 13.2 Å². The van der Waals surface area contributed by atoms with Crippen LogP contribution in [0.15, 0.2) is 46.7 Å². The van der Waals surface area contributed by atoms with Gasteiger partial charge >= 0.3 is 5.97 Å². The van der Waals surface area contributed by atoms with Gasteiger partial charge in [0.05, 0.1) is 23.6 Å². The van der Waals surface area contributed by atoms with Gasteiger partial charge in [0.2, 0.25) is 10.0 Å². The van der Waals surface area contributed by atoms with Gasteiger partial charge in [-0.1, -0.05) is 12.1 Å². The third kappa shape index (κ3) is 3.04. The van der Waals surface area contributed by atoms with Crippen LogP contribution in [0.2, 0.25) is 0 Å². The standard InChI is InChI=1S/C16H17NO4S2/c1-21-16(18)12-5-2-6-13(11-12)23(19,20)17-9-3-7-14(17)15-8-4-10-22-15/h2,4-6,8,10-11,14H,3,7,9H2,1H3. The number of nitrogens with zero attached hydrogens (tertiary/aromatic N) is 1. The fourth-order valence-electron chi connectivity index (χ4n) is 2.83. The third-order valence-electron chi connectivity index (χ3n) is 3.94. The molecule has 3 rings (SSSR count). The number of sulfonamides is 1. The largest absolute Gasteiger partial charge is 0.465 e. The molecule has 2 aromatic rings. The summed E-state index contributed by atoms with van der Waals surface area (Å²) in [4.78, 5) is 12.8. The van der Waals surface area contributed by atoms with Gasteiger partial charge in [-0.05, 0) is 42.5 Å². The van der Waals surface area contributed by atoms with Crippen molar-refractivity contribution in [1.82, 2.24) is 4.31 Å². The van der Waals surface area contributed by atoms with E-state index in [9.17, 15) is 13.2 Å². The number of carbonyl (C=O) groups is 1. The molecule has 0 bridgehead atoms. The summed E-state index contributed by atoms with van der Waals surface area (Å²) in [6.07, 6.45) is 1.65. The predicted octanol–water partition coefficient (Wildman–Crippen LogP) is 3.06. The van der Waals surface area contributed by atoms with Crippen molar-refractivity contribution in [2.45, 2.75) is 23.8 Å². The van der Waals surface area contributed by atoms with E-state index in [1.807, 2.05) is 17.5 Å². The van der Waals surface area contributed by atoms with Crippen molar-refractivity contribution in [2.75, 3.05) is 13.7 Å². The summed E-state index contributed by atoms with van der Waals surface area (Å²) >= 11 is 1.57. The molecule has 23 heavy (non-hydrogen) atoms. The first-order valence-corrected chi connectivity index (χ1v) is 9.59. The quantitative estimate of drug-likeness (QED) is 0.794. The van der Waals surface area contributed by atoms with E-state index < -0.39 is 16.0 Å². The highest BCUT2D eigenvalue weighted by Crippen LogP contribution is 2.38. The Morgan fingerprint density at radius 2 is 2.13 bits per heavy atom. The molecule has 0 saturated carbocycles. The smallest absolute Gasteiger partial charge is 0.337 e. The van der Waals surface area contributed by atoms with Crippen LogP contribution in [0, 0.1) is 0 Å². The monoisotopic (exact) mass is 351 g/mol. The van der Waals surface area contributed by atoms with Gasteiger partial charge in [-0.15, -0.1) is 11.3 Å². The lowest BCUT2D eigenvalue weighted by atomic mass is 10.2. The second kappa shape index (κ2) is 6.43. The van der Waals surface area contributed by atoms with Gasteiger partial charge < -0.3 is 4.74 Å². The van der Waals surface area contributed by atoms with Crippen LogP contribution in [-0.2, 0) is 14.8 Å². The van der Waals surface area contributed by atoms with Crippen molar-refractivity contribution in [3.8, 4) is 0 Å². The van der Waals surface area contributed by atoms with E-state index in [2.05, 4.69) is 4.74 Å². The Bertz CT molecular complexity index is 799. The molecule has 1 saturated heterocycles. The van der Waals surface area contributed by atoms with Crippen LogP contribution in [0.5, 0.6) is 0 Å². The number of esters is 1. The van der Waals surface area contributed by atoms with Crippen molar-refractivity contribution in [1.29, 1.82) is 0 Å². The lowest BCUT2D eigenvalue weighted by molar-refractivity contribution is 0.0600. The molecular weight excluding hydrogens is 334 g/mol. The molecule has 1 unspecified atom stereocenters. The second-order valence-corrected chi connectivity index (χ2v) is 8.18. The van der Waals surface area contributed by atoms with Crippen LogP contribution in [0.4, 0.5) is 0 Å². The SMILES string of the molecule is COC(=O)c1cccc(S(=O)(=O)N2CCCC2c2cccs2)c1. The van der Waals surface area contributed by atoms with Crippen molar-refractivity contribution < 1.29 is 17.9 Å². The first-order chi connectivity index (χ1) is 11.0. The number of rotatable bonds is 4. The van der Waals surface area contributed by atoms with Crippen LogP contribution in [0.25, 0.3) is 0 Å². The number of hydrogen-bond donors (Lipinski definition) is 0. The van der Waals surface area contributed by atoms with Crippen molar-refractivity contribution in [3.63, 3.8) is 0 Å². The van der Waals surface area contributed by atoms with Gasteiger partial charge in [0.25, 0.3) is 0 Å². The molecule has 1 aromatic carbocycles. The van der Waals surface area contributed by atoms with Gasteiger partial charge in [0.15, 0.2) is 0 Å². The van der Waals surface area contributed by atoms with Crippen LogP contribution in [0.3, 0.4) is 0 Å². The van der Waals surface area contributed by atoms with Crippen molar-refractivity contribution >= 4 is 27.3 Å². The van der Waals surface area contributed by atoms with E-state index in [0.717, 1.165) is 17.7 Å². The van der Waals surface area contributed by atoms with Gasteiger partial charge in [0.1, 0.15) is 0 Å². The maximum atomic E-state index is 13.0. The normalized spacial score (nSPS) is 18.9. The second-order valence-electron chi connectivity index (χ2n) is 5.31. The molecule has 2 heterocycles. The summed E-state index contributed by atoms with van der Waals surface area (Å²) in [5.41, 5.74) is 0.237. The summed E-state index contributed by atoms with van der Waals surface area (Å²) in [7, 11) is -2.37. The lowest BCUT2D eigenvalue weighted by Crippen LogP contribution is -2.30. The fourth-order valence-corrected chi connectivity index (χ4v) is 5.49. The van der Waals surface area contributed by atoms with Crippen LogP contribution < -0.4 is 0 Å². The minimum absolute atomic E-state index is 0.123. The highest BCUT2D eigenvalue weighted by molar-refractivity contribution is 7.89. The van der Waals surface area contributed by atoms with E-state index in [1.165, 1.54) is 23.5 Å². The Kier molecular flexibility index (Phi) is 4.52. The predicted molar refractivity (Wildman–Crippen MR) is 88.0 cm³/mol. The zero-order valence-corrected chi connectivity index (χ0v) is 14.3. The molecule has 1 aliphatic heterocycles. The third-order valence-corrected chi connectivity index (χ3v) is 6.81. The molecule has 1 aromatic heterocycles. The molecule has 7 heteroatoms. The molecule has 1 atom stereocenters. The first-order valence-electron chi connectivity index (χ1n) is 7.27. The van der Waals surface area contributed by atoms with E-state index in [0.29, 0.717) is 6.54 Å². The maximum absolute atomic E-state index is 13.0. The van der Waals surface area contributed by atoms with Crippen LogP contribution >= 0.6 is 11.3 Å². The number of methoxy groups -OCH3 is 1. The first kappa shape index (κ1) is 16.2. The molecule has 122 valence electrons.